The summed E-state index contributed by atoms with van der Waals surface area (Å²) in [5, 5.41) is 13.8. The summed E-state index contributed by atoms with van der Waals surface area (Å²) in [5.41, 5.74) is 0.578. The Balaban J connectivity index is 2.20. The fourth-order valence-electron chi connectivity index (χ4n) is 2.30. The van der Waals surface area contributed by atoms with E-state index >= 15 is 0 Å². The van der Waals surface area contributed by atoms with E-state index in [0.717, 1.165) is 0 Å². The molecule has 0 aliphatic rings. The first-order chi connectivity index (χ1) is 12.4. The molecular formula is C19H19FN2O4. The second-order valence-electron chi connectivity index (χ2n) is 5.76. The van der Waals surface area contributed by atoms with Gasteiger partial charge in [-0.1, -0.05) is 36.4 Å². The first kappa shape index (κ1) is 19.1. The molecule has 0 bridgehead atoms. The minimum atomic E-state index is -1.21. The van der Waals surface area contributed by atoms with Crippen LogP contribution in [0.15, 0.2) is 54.6 Å². The van der Waals surface area contributed by atoms with Gasteiger partial charge in [0, 0.05) is 12.0 Å². The molecule has 0 aromatic heterocycles. The van der Waals surface area contributed by atoms with Crippen molar-refractivity contribution < 1.29 is 23.9 Å². The van der Waals surface area contributed by atoms with Gasteiger partial charge in [-0.25, -0.2) is 4.39 Å². The van der Waals surface area contributed by atoms with Crippen molar-refractivity contribution in [1.82, 2.24) is 10.6 Å². The van der Waals surface area contributed by atoms with Crippen LogP contribution in [0.3, 0.4) is 0 Å². The van der Waals surface area contributed by atoms with Gasteiger partial charge in [0.05, 0.1) is 0 Å². The highest BCUT2D eigenvalue weighted by atomic mass is 19.1. The van der Waals surface area contributed by atoms with E-state index in [1.165, 1.54) is 25.1 Å². The summed E-state index contributed by atoms with van der Waals surface area (Å²) in [6.45, 7) is 1.30. The predicted octanol–water partition coefficient (Wildman–Crippen LogP) is 1.76. The number of carboxylic acids is 1. The van der Waals surface area contributed by atoms with Crippen molar-refractivity contribution in [1.29, 1.82) is 0 Å². The molecular weight excluding hydrogens is 339 g/mol. The fraction of sp³-hybridized carbons (Fsp3) is 0.211. The number of hydrogen-bond acceptors (Lipinski definition) is 3. The average molecular weight is 358 g/mol. The number of amides is 2. The molecule has 2 atom stereocenters. The maximum absolute atomic E-state index is 13.9. The summed E-state index contributed by atoms with van der Waals surface area (Å²) < 4.78 is 13.9. The van der Waals surface area contributed by atoms with Gasteiger partial charge in [-0.3, -0.25) is 14.4 Å². The van der Waals surface area contributed by atoms with Crippen molar-refractivity contribution >= 4 is 17.8 Å². The lowest BCUT2D eigenvalue weighted by Crippen LogP contribution is -2.51. The maximum atomic E-state index is 13.9. The summed E-state index contributed by atoms with van der Waals surface area (Å²) >= 11 is 0. The van der Waals surface area contributed by atoms with Crippen molar-refractivity contribution in [2.24, 2.45) is 0 Å². The summed E-state index contributed by atoms with van der Waals surface area (Å²) in [5.74, 6) is -2.93. The van der Waals surface area contributed by atoms with E-state index in [-0.39, 0.29) is 12.0 Å². The van der Waals surface area contributed by atoms with Crippen LogP contribution in [0.4, 0.5) is 4.39 Å². The fourth-order valence-corrected chi connectivity index (χ4v) is 2.30. The molecule has 0 saturated heterocycles. The third-order valence-electron chi connectivity index (χ3n) is 3.77. The van der Waals surface area contributed by atoms with E-state index in [4.69, 9.17) is 5.11 Å². The Morgan fingerprint density at radius 3 is 2.23 bits per heavy atom. The van der Waals surface area contributed by atoms with Gasteiger partial charge in [0.25, 0.3) is 5.91 Å². The van der Waals surface area contributed by atoms with Crippen molar-refractivity contribution in [3.8, 4) is 0 Å². The van der Waals surface area contributed by atoms with Gasteiger partial charge in [0.15, 0.2) is 0 Å². The molecule has 0 fully saturated rings. The monoisotopic (exact) mass is 358 g/mol. The minimum Gasteiger partial charge on any atom is -0.480 e. The number of aliphatic carboxylic acids is 1. The summed E-state index contributed by atoms with van der Waals surface area (Å²) in [6, 6.07) is 11.9. The molecule has 7 heteroatoms. The number of rotatable bonds is 7. The predicted molar refractivity (Wildman–Crippen MR) is 93.0 cm³/mol. The normalized spacial score (nSPS) is 12.7. The Bertz CT molecular complexity index is 795. The smallest absolute Gasteiger partial charge is 0.325 e. The quantitative estimate of drug-likeness (QED) is 0.703. The highest BCUT2D eigenvalue weighted by Gasteiger charge is 2.25. The highest BCUT2D eigenvalue weighted by molar-refractivity contribution is 5.98. The van der Waals surface area contributed by atoms with Crippen LogP contribution in [0, 0.1) is 5.82 Å². The number of nitrogens with one attached hydrogen (secondary N) is 2. The largest absolute Gasteiger partial charge is 0.480 e. The van der Waals surface area contributed by atoms with Crippen LogP contribution in [0.5, 0.6) is 0 Å². The summed E-state index contributed by atoms with van der Waals surface area (Å²) in [6.07, 6.45) is -0.108. The molecule has 0 aliphatic heterocycles. The second-order valence-corrected chi connectivity index (χ2v) is 5.76. The van der Waals surface area contributed by atoms with Crippen molar-refractivity contribution in [3.63, 3.8) is 0 Å². The van der Waals surface area contributed by atoms with Crippen LogP contribution in [0.25, 0.3) is 0 Å². The van der Waals surface area contributed by atoms with E-state index in [1.807, 2.05) is 0 Å². The Kier molecular flexibility index (Phi) is 6.43. The molecule has 26 heavy (non-hydrogen) atoms. The lowest BCUT2D eigenvalue weighted by atomic mass is 10.0. The zero-order valence-electron chi connectivity index (χ0n) is 14.1. The lowest BCUT2D eigenvalue weighted by Gasteiger charge is -2.20. The summed E-state index contributed by atoms with van der Waals surface area (Å²) in [7, 11) is 0. The van der Waals surface area contributed by atoms with Gasteiger partial charge >= 0.3 is 5.97 Å². The zero-order chi connectivity index (χ0) is 19.1. The Morgan fingerprint density at radius 1 is 1.00 bits per heavy atom. The van der Waals surface area contributed by atoms with Crippen LogP contribution in [0.1, 0.15) is 22.8 Å². The molecule has 0 aliphatic carbocycles. The van der Waals surface area contributed by atoms with E-state index in [1.54, 1.807) is 36.4 Å². The number of halogens is 1. The van der Waals surface area contributed by atoms with Gasteiger partial charge in [0.1, 0.15) is 17.9 Å². The van der Waals surface area contributed by atoms with E-state index < -0.39 is 35.7 Å². The molecule has 0 heterocycles. The average Bonchev–Trinajstić information content (AvgIpc) is 2.63. The number of carbonyl (C=O) groups is 3. The second kappa shape index (κ2) is 8.75. The van der Waals surface area contributed by atoms with Crippen LogP contribution < -0.4 is 10.6 Å². The third-order valence-corrected chi connectivity index (χ3v) is 3.77. The van der Waals surface area contributed by atoms with Crippen LogP contribution in [-0.4, -0.2) is 35.0 Å². The van der Waals surface area contributed by atoms with E-state index in [2.05, 4.69) is 10.6 Å². The molecule has 0 unspecified atom stereocenters. The molecule has 2 aromatic carbocycles. The Morgan fingerprint density at radius 2 is 1.62 bits per heavy atom. The first-order valence-electron chi connectivity index (χ1n) is 8.01. The van der Waals surface area contributed by atoms with E-state index in [9.17, 15) is 18.8 Å². The molecule has 2 rings (SSSR count). The lowest BCUT2D eigenvalue weighted by molar-refractivity contribution is -0.141. The van der Waals surface area contributed by atoms with Crippen LogP contribution in [0.2, 0.25) is 0 Å². The van der Waals surface area contributed by atoms with Crippen molar-refractivity contribution in [3.05, 3.63) is 71.5 Å². The SMILES string of the molecule is C[C@H](NC(=O)[C@@H](Cc1ccccc1F)NC(=O)c1ccccc1)C(=O)O. The van der Waals surface area contributed by atoms with Crippen LogP contribution in [-0.2, 0) is 16.0 Å². The Labute approximate surface area is 150 Å². The number of hydrogen-bond donors (Lipinski definition) is 3. The zero-order valence-corrected chi connectivity index (χ0v) is 14.1. The van der Waals surface area contributed by atoms with Gasteiger partial charge in [0.2, 0.25) is 5.91 Å². The van der Waals surface area contributed by atoms with Gasteiger partial charge in [-0.2, -0.15) is 0 Å². The Hall–Kier alpha value is -3.22. The van der Waals surface area contributed by atoms with E-state index in [0.29, 0.717) is 5.56 Å². The van der Waals surface area contributed by atoms with Gasteiger partial charge < -0.3 is 15.7 Å². The number of benzene rings is 2. The van der Waals surface area contributed by atoms with Gasteiger partial charge in [-0.15, -0.1) is 0 Å². The molecule has 0 spiro atoms. The first-order valence-corrected chi connectivity index (χ1v) is 8.01. The molecule has 3 N–H and O–H groups in total. The molecule has 6 nitrogen and oxygen atoms in total. The molecule has 2 amide bonds. The molecule has 0 saturated carbocycles. The van der Waals surface area contributed by atoms with Gasteiger partial charge in [-0.05, 0) is 30.7 Å². The molecule has 2 aromatic rings. The van der Waals surface area contributed by atoms with Crippen molar-refractivity contribution in [2.75, 3.05) is 0 Å². The molecule has 136 valence electrons. The molecule has 0 radical (unpaired) electrons. The third kappa shape index (κ3) is 5.14. The minimum absolute atomic E-state index is 0.108. The maximum Gasteiger partial charge on any atom is 0.325 e. The number of carboxylic acid groups (broad SMARTS) is 1. The summed E-state index contributed by atoms with van der Waals surface area (Å²) in [4.78, 5) is 35.7. The van der Waals surface area contributed by atoms with Crippen molar-refractivity contribution in [2.45, 2.75) is 25.4 Å². The van der Waals surface area contributed by atoms with Crippen LogP contribution >= 0.6 is 0 Å². The standard InChI is InChI=1S/C19H19FN2O4/c1-12(19(25)26)21-18(24)16(11-14-9-5-6-10-15(14)20)22-17(23)13-7-3-2-4-8-13/h2-10,12,16H,11H2,1H3,(H,21,24)(H,22,23)(H,25,26)/t12-,16+/m0/s1. The number of carbonyl (C=O) groups excluding carboxylic acids is 2. The highest BCUT2D eigenvalue weighted by Crippen LogP contribution is 2.10. The topological polar surface area (TPSA) is 95.5 Å².